The number of rotatable bonds is 3. The Balaban J connectivity index is 1.80. The van der Waals surface area contributed by atoms with Crippen molar-refractivity contribution in [1.29, 1.82) is 0 Å². The SMILES string of the molecule is Cc1cnc(Cn2ccnc2-c2c(C)sc3ccccc23)cn1. The Bertz CT molecular complexity index is 966. The molecule has 0 saturated carbocycles. The van der Waals surface area contributed by atoms with Gasteiger partial charge in [-0.25, -0.2) is 4.98 Å². The van der Waals surface area contributed by atoms with Crippen LogP contribution in [0.3, 0.4) is 0 Å². The van der Waals surface area contributed by atoms with Crippen LogP contribution in [0.2, 0.25) is 0 Å². The van der Waals surface area contributed by atoms with E-state index < -0.39 is 0 Å². The number of aryl methyl sites for hydroxylation is 2. The van der Waals surface area contributed by atoms with E-state index >= 15 is 0 Å². The van der Waals surface area contributed by atoms with Gasteiger partial charge in [0.05, 0.1) is 24.1 Å². The second-order valence-corrected chi connectivity index (χ2v) is 6.81. The van der Waals surface area contributed by atoms with Gasteiger partial charge in [-0.1, -0.05) is 18.2 Å². The number of nitrogens with zero attached hydrogens (tertiary/aromatic N) is 4. The van der Waals surface area contributed by atoms with Crippen LogP contribution < -0.4 is 0 Å². The summed E-state index contributed by atoms with van der Waals surface area (Å²) in [6.07, 6.45) is 7.49. The normalized spacial score (nSPS) is 11.2. The zero-order chi connectivity index (χ0) is 15.8. The summed E-state index contributed by atoms with van der Waals surface area (Å²) in [5.41, 5.74) is 3.09. The Labute approximate surface area is 138 Å². The zero-order valence-corrected chi connectivity index (χ0v) is 13.8. The van der Waals surface area contributed by atoms with Crippen molar-refractivity contribution in [2.75, 3.05) is 0 Å². The molecule has 23 heavy (non-hydrogen) atoms. The van der Waals surface area contributed by atoms with E-state index in [9.17, 15) is 0 Å². The van der Waals surface area contributed by atoms with Crippen molar-refractivity contribution in [2.45, 2.75) is 20.4 Å². The Morgan fingerprint density at radius 1 is 1.04 bits per heavy atom. The molecule has 1 aromatic carbocycles. The maximum absolute atomic E-state index is 4.60. The zero-order valence-electron chi connectivity index (χ0n) is 13.0. The summed E-state index contributed by atoms with van der Waals surface area (Å²) in [7, 11) is 0. The molecular formula is C18H16N4S. The van der Waals surface area contributed by atoms with Crippen molar-refractivity contribution in [3.05, 3.63) is 65.3 Å². The number of fused-ring (bicyclic) bond motifs is 1. The van der Waals surface area contributed by atoms with Gasteiger partial charge in [0.25, 0.3) is 0 Å². The minimum Gasteiger partial charge on any atom is -0.325 e. The molecule has 3 aromatic heterocycles. The highest BCUT2D eigenvalue weighted by Crippen LogP contribution is 2.37. The lowest BCUT2D eigenvalue weighted by atomic mass is 10.1. The molecular weight excluding hydrogens is 304 g/mol. The second kappa shape index (κ2) is 5.59. The molecule has 4 rings (SSSR count). The van der Waals surface area contributed by atoms with E-state index in [2.05, 4.69) is 50.7 Å². The van der Waals surface area contributed by atoms with E-state index in [4.69, 9.17) is 0 Å². The third-order valence-electron chi connectivity index (χ3n) is 3.88. The molecule has 0 saturated heterocycles. The van der Waals surface area contributed by atoms with Gasteiger partial charge >= 0.3 is 0 Å². The number of imidazole rings is 1. The van der Waals surface area contributed by atoms with Gasteiger partial charge in [0.15, 0.2) is 0 Å². The first-order valence-corrected chi connectivity index (χ1v) is 8.31. The van der Waals surface area contributed by atoms with Gasteiger partial charge in [-0.3, -0.25) is 9.97 Å². The lowest BCUT2D eigenvalue weighted by Crippen LogP contribution is -2.04. The third kappa shape index (κ3) is 2.53. The molecule has 0 N–H and O–H groups in total. The summed E-state index contributed by atoms with van der Waals surface area (Å²) in [4.78, 5) is 14.7. The van der Waals surface area contributed by atoms with E-state index in [-0.39, 0.29) is 0 Å². The quantitative estimate of drug-likeness (QED) is 0.567. The Morgan fingerprint density at radius 2 is 1.91 bits per heavy atom. The monoisotopic (exact) mass is 320 g/mol. The maximum atomic E-state index is 4.60. The van der Waals surface area contributed by atoms with Crippen LogP contribution in [-0.4, -0.2) is 19.5 Å². The van der Waals surface area contributed by atoms with Crippen LogP contribution in [0.4, 0.5) is 0 Å². The van der Waals surface area contributed by atoms with Crippen molar-refractivity contribution in [2.24, 2.45) is 0 Å². The summed E-state index contributed by atoms with van der Waals surface area (Å²) in [5.74, 6) is 0.988. The van der Waals surface area contributed by atoms with E-state index in [1.807, 2.05) is 36.9 Å². The summed E-state index contributed by atoms with van der Waals surface area (Å²) in [6, 6.07) is 8.49. The molecule has 4 aromatic rings. The van der Waals surface area contributed by atoms with Crippen LogP contribution in [0, 0.1) is 13.8 Å². The largest absolute Gasteiger partial charge is 0.325 e. The fraction of sp³-hybridized carbons (Fsp3) is 0.167. The number of hydrogen-bond acceptors (Lipinski definition) is 4. The molecule has 0 aliphatic heterocycles. The lowest BCUT2D eigenvalue weighted by Gasteiger charge is -2.08. The third-order valence-corrected chi connectivity index (χ3v) is 4.96. The average molecular weight is 320 g/mol. The molecule has 4 nitrogen and oxygen atoms in total. The average Bonchev–Trinajstić information content (AvgIpc) is 3.12. The van der Waals surface area contributed by atoms with Crippen LogP contribution in [0.1, 0.15) is 16.3 Å². The number of benzene rings is 1. The minimum atomic E-state index is 0.673. The molecule has 0 spiro atoms. The first-order chi connectivity index (χ1) is 11.2. The predicted octanol–water partition coefficient (Wildman–Crippen LogP) is 4.22. The molecule has 5 heteroatoms. The van der Waals surface area contributed by atoms with Gasteiger partial charge in [-0.15, -0.1) is 11.3 Å². The lowest BCUT2D eigenvalue weighted by molar-refractivity contribution is 0.773. The molecule has 0 bridgehead atoms. The van der Waals surface area contributed by atoms with Crippen molar-refractivity contribution in [3.8, 4) is 11.4 Å². The molecule has 0 aliphatic rings. The summed E-state index contributed by atoms with van der Waals surface area (Å²) >= 11 is 1.81. The maximum Gasteiger partial charge on any atom is 0.141 e. The Kier molecular flexibility index (Phi) is 3.42. The summed E-state index contributed by atoms with van der Waals surface area (Å²) in [5, 5.41) is 1.26. The van der Waals surface area contributed by atoms with E-state index in [1.54, 1.807) is 6.20 Å². The highest BCUT2D eigenvalue weighted by molar-refractivity contribution is 7.19. The van der Waals surface area contributed by atoms with Gasteiger partial charge in [0, 0.05) is 39.1 Å². The molecule has 0 radical (unpaired) electrons. The molecule has 0 fully saturated rings. The second-order valence-electron chi connectivity index (χ2n) is 5.56. The first-order valence-electron chi connectivity index (χ1n) is 7.49. The topological polar surface area (TPSA) is 43.6 Å². The predicted molar refractivity (Wildman–Crippen MR) is 93.7 cm³/mol. The van der Waals surface area contributed by atoms with E-state index in [0.29, 0.717) is 6.54 Å². The van der Waals surface area contributed by atoms with Crippen molar-refractivity contribution in [3.63, 3.8) is 0 Å². The molecule has 0 atom stereocenters. The van der Waals surface area contributed by atoms with Crippen LogP contribution in [0.15, 0.2) is 49.1 Å². The highest BCUT2D eigenvalue weighted by Gasteiger charge is 2.15. The molecule has 114 valence electrons. The highest BCUT2D eigenvalue weighted by atomic mass is 32.1. The van der Waals surface area contributed by atoms with Gasteiger partial charge in [-0.2, -0.15) is 0 Å². The van der Waals surface area contributed by atoms with Crippen LogP contribution in [-0.2, 0) is 6.54 Å². The molecule has 3 heterocycles. The summed E-state index contributed by atoms with van der Waals surface area (Å²) in [6.45, 7) is 4.78. The number of thiophene rings is 1. The van der Waals surface area contributed by atoms with Gasteiger partial charge in [0.1, 0.15) is 5.82 Å². The van der Waals surface area contributed by atoms with Crippen LogP contribution >= 0.6 is 11.3 Å². The minimum absolute atomic E-state index is 0.673. The van der Waals surface area contributed by atoms with Gasteiger partial charge in [-0.05, 0) is 19.9 Å². The Morgan fingerprint density at radius 3 is 2.74 bits per heavy atom. The number of hydrogen-bond donors (Lipinski definition) is 0. The van der Waals surface area contributed by atoms with Crippen molar-refractivity contribution in [1.82, 2.24) is 19.5 Å². The van der Waals surface area contributed by atoms with Crippen LogP contribution in [0.25, 0.3) is 21.5 Å². The fourth-order valence-electron chi connectivity index (χ4n) is 2.79. The van der Waals surface area contributed by atoms with E-state index in [0.717, 1.165) is 17.2 Å². The Hall–Kier alpha value is -2.53. The summed E-state index contributed by atoms with van der Waals surface area (Å²) < 4.78 is 3.44. The van der Waals surface area contributed by atoms with Gasteiger partial charge in [0.2, 0.25) is 0 Å². The molecule has 0 aliphatic carbocycles. The fourth-order valence-corrected chi connectivity index (χ4v) is 3.85. The van der Waals surface area contributed by atoms with Gasteiger partial charge < -0.3 is 4.57 Å². The van der Waals surface area contributed by atoms with E-state index in [1.165, 1.54) is 20.5 Å². The number of aromatic nitrogens is 4. The van der Waals surface area contributed by atoms with Crippen LogP contribution in [0.5, 0.6) is 0 Å². The molecule has 0 amide bonds. The first kappa shape index (κ1) is 14.1. The molecule has 0 unspecified atom stereocenters. The van der Waals surface area contributed by atoms with Crippen molar-refractivity contribution < 1.29 is 0 Å². The smallest absolute Gasteiger partial charge is 0.141 e. The van der Waals surface area contributed by atoms with Crippen molar-refractivity contribution >= 4 is 21.4 Å². The standard InChI is InChI=1S/C18H16N4S/c1-12-9-21-14(10-20-12)11-22-8-7-19-18(22)17-13(2)23-16-6-4-3-5-15(16)17/h3-10H,11H2,1-2H3.